The second-order valence-corrected chi connectivity index (χ2v) is 5.76. The van der Waals surface area contributed by atoms with Gasteiger partial charge in [0.25, 0.3) is 0 Å². The molecule has 1 aromatic carbocycles. The van der Waals surface area contributed by atoms with Crippen molar-refractivity contribution in [1.82, 2.24) is 20.2 Å². The summed E-state index contributed by atoms with van der Waals surface area (Å²) in [5.74, 6) is -0.854. The Balaban J connectivity index is 1.87. The molecule has 0 saturated carbocycles. The van der Waals surface area contributed by atoms with Crippen LogP contribution in [-0.4, -0.2) is 48.6 Å². The third-order valence-corrected chi connectivity index (χ3v) is 4.40. The SMILES string of the molecule is Cn1nnnc1SC1Cc2cccc(C(=O)O)c2OB1O. The number of aryl methyl sites for hydroxylation is 1. The first-order valence-electron chi connectivity index (χ1n) is 6.15. The van der Waals surface area contributed by atoms with Gasteiger partial charge in [0.15, 0.2) is 0 Å². The molecule has 0 aliphatic carbocycles. The molecular formula is C11H11BN4O4S. The molecular weight excluding hydrogens is 295 g/mol. The van der Waals surface area contributed by atoms with Crippen molar-refractivity contribution in [3.05, 3.63) is 29.3 Å². The van der Waals surface area contributed by atoms with Gasteiger partial charge < -0.3 is 14.8 Å². The van der Waals surface area contributed by atoms with E-state index < -0.39 is 13.1 Å². The van der Waals surface area contributed by atoms with E-state index in [0.717, 1.165) is 5.56 Å². The summed E-state index contributed by atoms with van der Waals surface area (Å²) in [6.45, 7) is 0. The predicted molar refractivity (Wildman–Crippen MR) is 74.1 cm³/mol. The smallest absolute Gasteiger partial charge is 0.535 e. The maximum absolute atomic E-state index is 11.2. The number of hydrogen-bond acceptors (Lipinski definition) is 7. The van der Waals surface area contributed by atoms with Crippen molar-refractivity contribution < 1.29 is 19.6 Å². The van der Waals surface area contributed by atoms with Gasteiger partial charge in [-0.05, 0) is 28.5 Å². The predicted octanol–water partition coefficient (Wildman–Crippen LogP) is 0.0238. The number of tetrazole rings is 1. The van der Waals surface area contributed by atoms with Gasteiger partial charge in [-0.25, -0.2) is 9.48 Å². The maximum atomic E-state index is 11.2. The Hall–Kier alpha value is -2.07. The van der Waals surface area contributed by atoms with Gasteiger partial charge in [-0.1, -0.05) is 23.9 Å². The molecule has 0 fully saturated rings. The number of aromatic nitrogens is 4. The summed E-state index contributed by atoms with van der Waals surface area (Å²) in [6.07, 6.45) is 0.467. The van der Waals surface area contributed by atoms with Crippen molar-refractivity contribution in [2.75, 3.05) is 0 Å². The second kappa shape index (κ2) is 5.37. The highest BCUT2D eigenvalue weighted by Crippen LogP contribution is 2.35. The van der Waals surface area contributed by atoms with Crippen molar-refractivity contribution >= 4 is 24.8 Å². The standard InChI is InChI=1S/C11H11BN4O4S/c1-16-11(13-14-15-16)21-8-5-6-3-2-4-7(10(17)18)9(6)20-12(8)19/h2-4,8,19H,5H2,1H3,(H,17,18). The van der Waals surface area contributed by atoms with Gasteiger partial charge in [0.05, 0.1) is 10.7 Å². The molecule has 1 unspecified atom stereocenters. The fraction of sp³-hybridized carbons (Fsp3) is 0.273. The molecule has 0 amide bonds. The zero-order chi connectivity index (χ0) is 15.0. The first-order valence-corrected chi connectivity index (χ1v) is 7.03. The van der Waals surface area contributed by atoms with Gasteiger partial charge in [-0.2, -0.15) is 0 Å². The van der Waals surface area contributed by atoms with Crippen LogP contribution >= 0.6 is 11.8 Å². The summed E-state index contributed by atoms with van der Waals surface area (Å²) in [6, 6.07) is 4.90. The van der Waals surface area contributed by atoms with E-state index >= 15 is 0 Å². The van der Waals surface area contributed by atoms with Crippen LogP contribution in [0.2, 0.25) is 0 Å². The second-order valence-electron chi connectivity index (χ2n) is 4.55. The topological polar surface area (TPSA) is 110 Å². The van der Waals surface area contributed by atoms with Crippen LogP contribution < -0.4 is 4.65 Å². The minimum atomic E-state index is -1.13. The quantitative estimate of drug-likeness (QED) is 0.764. The molecule has 2 heterocycles. The van der Waals surface area contributed by atoms with Crippen LogP contribution in [-0.2, 0) is 13.5 Å². The van der Waals surface area contributed by atoms with Gasteiger partial charge in [-0.3, -0.25) is 0 Å². The van der Waals surface area contributed by atoms with Crippen molar-refractivity contribution in [3.63, 3.8) is 0 Å². The number of carboxylic acid groups (broad SMARTS) is 1. The van der Waals surface area contributed by atoms with Crippen LogP contribution in [0.1, 0.15) is 15.9 Å². The van der Waals surface area contributed by atoms with Crippen molar-refractivity contribution in [2.45, 2.75) is 16.7 Å². The van der Waals surface area contributed by atoms with Crippen LogP contribution in [0, 0.1) is 0 Å². The zero-order valence-corrected chi connectivity index (χ0v) is 11.8. The lowest BCUT2D eigenvalue weighted by molar-refractivity contribution is 0.0694. The first-order chi connectivity index (χ1) is 10.1. The third-order valence-electron chi connectivity index (χ3n) is 3.14. The highest BCUT2D eigenvalue weighted by molar-refractivity contribution is 8.01. The van der Waals surface area contributed by atoms with Crippen molar-refractivity contribution in [2.24, 2.45) is 7.05 Å². The molecule has 0 radical (unpaired) electrons. The lowest BCUT2D eigenvalue weighted by atomic mass is 9.77. The maximum Gasteiger partial charge on any atom is 0.537 e. The highest BCUT2D eigenvalue weighted by Gasteiger charge is 2.38. The summed E-state index contributed by atoms with van der Waals surface area (Å²) in [4.78, 5) is 11.2. The molecule has 1 aliphatic heterocycles. The van der Waals surface area contributed by atoms with E-state index in [-0.39, 0.29) is 16.5 Å². The van der Waals surface area contributed by atoms with Crippen LogP contribution in [0.3, 0.4) is 0 Å². The first kappa shape index (κ1) is 13.9. The highest BCUT2D eigenvalue weighted by atomic mass is 32.2. The lowest BCUT2D eigenvalue weighted by Crippen LogP contribution is -2.41. The number of carbonyl (C=O) groups is 1. The van der Waals surface area contributed by atoms with Gasteiger partial charge in [0.1, 0.15) is 5.75 Å². The molecule has 2 N–H and O–H groups in total. The largest absolute Gasteiger partial charge is 0.537 e. The molecule has 108 valence electrons. The molecule has 1 aromatic heterocycles. The Morgan fingerprint density at radius 3 is 3.05 bits per heavy atom. The normalized spacial score (nSPS) is 17.2. The van der Waals surface area contributed by atoms with E-state index in [4.69, 9.17) is 9.76 Å². The summed E-state index contributed by atoms with van der Waals surface area (Å²) in [5, 5.41) is 30.6. The Kier molecular flexibility index (Phi) is 3.56. The number of thioether (sulfide) groups is 1. The zero-order valence-electron chi connectivity index (χ0n) is 11.0. The van der Waals surface area contributed by atoms with E-state index in [0.29, 0.717) is 11.6 Å². The van der Waals surface area contributed by atoms with Crippen molar-refractivity contribution in [1.29, 1.82) is 0 Å². The van der Waals surface area contributed by atoms with Gasteiger partial charge in [-0.15, -0.1) is 5.10 Å². The van der Waals surface area contributed by atoms with E-state index in [2.05, 4.69) is 15.5 Å². The van der Waals surface area contributed by atoms with Crippen LogP contribution in [0.4, 0.5) is 0 Å². The minimum absolute atomic E-state index is 0.0512. The molecule has 1 atom stereocenters. The Morgan fingerprint density at radius 2 is 2.38 bits per heavy atom. The molecule has 0 saturated heterocycles. The fourth-order valence-electron chi connectivity index (χ4n) is 2.12. The average molecular weight is 306 g/mol. The average Bonchev–Trinajstić information content (AvgIpc) is 2.84. The molecule has 8 nitrogen and oxygen atoms in total. The fourth-order valence-corrected chi connectivity index (χ4v) is 3.10. The number of hydrogen-bond donors (Lipinski definition) is 2. The summed E-state index contributed by atoms with van der Waals surface area (Å²) in [7, 11) is 0.578. The summed E-state index contributed by atoms with van der Waals surface area (Å²) >= 11 is 1.29. The van der Waals surface area contributed by atoms with Crippen LogP contribution in [0.15, 0.2) is 23.4 Å². The van der Waals surface area contributed by atoms with Crippen LogP contribution in [0.25, 0.3) is 0 Å². The number of rotatable bonds is 3. The van der Waals surface area contributed by atoms with E-state index in [1.54, 1.807) is 19.2 Å². The van der Waals surface area contributed by atoms with Gasteiger partial charge >= 0.3 is 13.1 Å². The number of carboxylic acids is 1. The minimum Gasteiger partial charge on any atom is -0.535 e. The van der Waals surface area contributed by atoms with Crippen molar-refractivity contribution in [3.8, 4) is 5.75 Å². The Labute approximate surface area is 124 Å². The van der Waals surface area contributed by atoms with Gasteiger partial charge in [0, 0.05) is 7.05 Å². The lowest BCUT2D eigenvalue weighted by Gasteiger charge is -2.27. The molecule has 0 spiro atoms. The summed E-state index contributed by atoms with van der Waals surface area (Å²) < 4.78 is 6.90. The number of para-hydroxylation sites is 1. The number of aromatic carboxylic acids is 1. The Bertz CT molecular complexity index is 695. The van der Waals surface area contributed by atoms with E-state index in [9.17, 15) is 9.82 Å². The number of nitrogens with zero attached hydrogens (tertiary/aromatic N) is 4. The van der Waals surface area contributed by atoms with E-state index in [1.165, 1.54) is 22.5 Å². The molecule has 10 heteroatoms. The number of benzene rings is 1. The van der Waals surface area contributed by atoms with Gasteiger partial charge in [0.2, 0.25) is 5.16 Å². The summed E-state index contributed by atoms with van der Waals surface area (Å²) in [5.41, 5.74) is 0.795. The van der Waals surface area contributed by atoms with Crippen LogP contribution in [0.5, 0.6) is 5.75 Å². The third kappa shape index (κ3) is 2.59. The molecule has 3 rings (SSSR count). The molecule has 2 aromatic rings. The molecule has 21 heavy (non-hydrogen) atoms. The molecule has 0 bridgehead atoms. The number of fused-ring (bicyclic) bond motifs is 1. The monoisotopic (exact) mass is 306 g/mol. The van der Waals surface area contributed by atoms with E-state index in [1.807, 2.05) is 0 Å². The Morgan fingerprint density at radius 1 is 1.57 bits per heavy atom. The molecule has 1 aliphatic rings.